The molecule has 22 heavy (non-hydrogen) atoms. The number of anilines is 1. The van der Waals surface area contributed by atoms with Crippen LogP contribution in [0.5, 0.6) is 0 Å². The van der Waals surface area contributed by atoms with Gasteiger partial charge in [-0.1, -0.05) is 6.07 Å². The molecule has 4 rings (SSSR count). The third-order valence-corrected chi connectivity index (χ3v) is 5.04. The maximum Gasteiger partial charge on any atom is 0.352 e. The molecule has 3 aromatic heterocycles. The number of rotatable bonds is 1. The van der Waals surface area contributed by atoms with Gasteiger partial charge in [0.1, 0.15) is 22.2 Å². The molecular formula is C15H12N4O2S. The Balaban J connectivity index is 2.05. The highest BCUT2D eigenvalue weighted by Crippen LogP contribution is 2.38. The highest BCUT2D eigenvalue weighted by molar-refractivity contribution is 7.23. The number of aromatic nitrogens is 2. The van der Waals surface area contributed by atoms with E-state index in [-0.39, 0.29) is 5.69 Å². The Bertz CT molecular complexity index is 963. The number of pyridine rings is 1. The van der Waals surface area contributed by atoms with Crippen molar-refractivity contribution in [3.8, 4) is 6.07 Å². The molecule has 0 N–H and O–H groups in total. The SMILES string of the molecule is N#Cc1c(N2CCOCC2)sc2c1nc(=O)n1ccccc21. The fourth-order valence-corrected chi connectivity index (χ4v) is 3.99. The van der Waals surface area contributed by atoms with Crippen LogP contribution in [0.3, 0.4) is 0 Å². The van der Waals surface area contributed by atoms with Crippen molar-refractivity contribution in [3.63, 3.8) is 0 Å². The molecule has 0 spiro atoms. The number of fused-ring (bicyclic) bond motifs is 3. The summed E-state index contributed by atoms with van der Waals surface area (Å²) in [5, 5.41) is 10.4. The Labute approximate surface area is 129 Å². The molecule has 0 atom stereocenters. The summed E-state index contributed by atoms with van der Waals surface area (Å²) in [6.45, 7) is 2.79. The number of hydrogen-bond donors (Lipinski definition) is 0. The fraction of sp³-hybridized carbons (Fsp3) is 0.267. The molecule has 0 radical (unpaired) electrons. The van der Waals surface area contributed by atoms with Gasteiger partial charge in [0.2, 0.25) is 0 Å². The quantitative estimate of drug-likeness (QED) is 0.683. The van der Waals surface area contributed by atoms with E-state index in [1.54, 1.807) is 12.3 Å². The van der Waals surface area contributed by atoms with Gasteiger partial charge in [0, 0.05) is 19.3 Å². The van der Waals surface area contributed by atoms with Crippen molar-refractivity contribution in [2.75, 3.05) is 31.2 Å². The van der Waals surface area contributed by atoms with Gasteiger partial charge < -0.3 is 9.64 Å². The normalized spacial score (nSPS) is 15.3. The van der Waals surface area contributed by atoms with E-state index in [1.165, 1.54) is 15.7 Å². The summed E-state index contributed by atoms with van der Waals surface area (Å²) < 4.78 is 7.76. The topological polar surface area (TPSA) is 70.6 Å². The van der Waals surface area contributed by atoms with Crippen molar-refractivity contribution in [1.29, 1.82) is 5.26 Å². The zero-order valence-corrected chi connectivity index (χ0v) is 12.5. The Morgan fingerprint density at radius 3 is 2.91 bits per heavy atom. The lowest BCUT2D eigenvalue weighted by Gasteiger charge is -2.27. The molecule has 6 nitrogen and oxygen atoms in total. The van der Waals surface area contributed by atoms with Gasteiger partial charge in [-0.3, -0.25) is 4.40 Å². The second kappa shape index (κ2) is 5.09. The molecule has 1 aliphatic rings. The van der Waals surface area contributed by atoms with Gasteiger partial charge in [-0.2, -0.15) is 10.2 Å². The second-order valence-electron chi connectivity index (χ2n) is 5.02. The van der Waals surface area contributed by atoms with Crippen LogP contribution in [-0.4, -0.2) is 35.7 Å². The van der Waals surface area contributed by atoms with Crippen LogP contribution in [0.4, 0.5) is 5.00 Å². The van der Waals surface area contributed by atoms with E-state index in [0.717, 1.165) is 28.3 Å². The minimum absolute atomic E-state index is 0.356. The Morgan fingerprint density at radius 1 is 1.32 bits per heavy atom. The van der Waals surface area contributed by atoms with Crippen LogP contribution in [0.1, 0.15) is 5.56 Å². The lowest BCUT2D eigenvalue weighted by atomic mass is 10.2. The summed E-state index contributed by atoms with van der Waals surface area (Å²) in [4.78, 5) is 18.4. The minimum Gasteiger partial charge on any atom is -0.378 e. The molecule has 3 aromatic rings. The lowest BCUT2D eigenvalue weighted by Crippen LogP contribution is -2.36. The molecule has 4 heterocycles. The molecule has 1 aliphatic heterocycles. The molecule has 0 saturated carbocycles. The molecule has 1 fully saturated rings. The van der Waals surface area contributed by atoms with Crippen LogP contribution in [0.2, 0.25) is 0 Å². The van der Waals surface area contributed by atoms with E-state index < -0.39 is 0 Å². The van der Waals surface area contributed by atoms with E-state index in [9.17, 15) is 10.1 Å². The molecule has 7 heteroatoms. The van der Waals surface area contributed by atoms with E-state index in [4.69, 9.17) is 4.74 Å². The van der Waals surface area contributed by atoms with E-state index in [1.807, 2.05) is 12.1 Å². The van der Waals surface area contributed by atoms with Crippen LogP contribution >= 0.6 is 11.3 Å². The highest BCUT2D eigenvalue weighted by Gasteiger charge is 2.22. The van der Waals surface area contributed by atoms with Gasteiger partial charge >= 0.3 is 5.69 Å². The van der Waals surface area contributed by atoms with Gasteiger partial charge in [0.25, 0.3) is 0 Å². The number of hydrogen-bond acceptors (Lipinski definition) is 6. The van der Waals surface area contributed by atoms with Crippen LogP contribution in [0.15, 0.2) is 29.2 Å². The first kappa shape index (κ1) is 13.2. The number of nitrogens with zero attached hydrogens (tertiary/aromatic N) is 4. The molecule has 0 aliphatic carbocycles. The van der Waals surface area contributed by atoms with Crippen molar-refractivity contribution in [3.05, 3.63) is 40.4 Å². The maximum atomic E-state index is 12.2. The van der Waals surface area contributed by atoms with Gasteiger partial charge in [-0.15, -0.1) is 11.3 Å². The molecule has 0 aromatic carbocycles. The Kier molecular flexibility index (Phi) is 3.06. The Hall–Kier alpha value is -2.43. The zero-order valence-electron chi connectivity index (χ0n) is 11.7. The molecule has 110 valence electrons. The first-order chi connectivity index (χ1) is 10.8. The average Bonchev–Trinajstić information content (AvgIpc) is 2.94. The summed E-state index contributed by atoms with van der Waals surface area (Å²) in [6.07, 6.45) is 1.70. The summed E-state index contributed by atoms with van der Waals surface area (Å²) in [5.41, 5.74) is 1.43. The van der Waals surface area contributed by atoms with E-state index in [0.29, 0.717) is 24.3 Å². The van der Waals surface area contributed by atoms with Crippen molar-refractivity contribution < 1.29 is 4.74 Å². The smallest absolute Gasteiger partial charge is 0.352 e. The first-order valence-electron chi connectivity index (χ1n) is 6.96. The molecular weight excluding hydrogens is 300 g/mol. The summed E-state index contributed by atoms with van der Waals surface area (Å²) in [5.74, 6) is 0. The zero-order chi connectivity index (χ0) is 15.1. The largest absolute Gasteiger partial charge is 0.378 e. The third-order valence-electron chi connectivity index (χ3n) is 3.78. The second-order valence-corrected chi connectivity index (χ2v) is 6.02. The number of ether oxygens (including phenoxy) is 1. The van der Waals surface area contributed by atoms with Crippen molar-refractivity contribution in [1.82, 2.24) is 9.38 Å². The van der Waals surface area contributed by atoms with Crippen molar-refractivity contribution in [2.24, 2.45) is 0 Å². The molecule has 0 amide bonds. The summed E-state index contributed by atoms with van der Waals surface area (Å²) >= 11 is 1.52. The van der Waals surface area contributed by atoms with Crippen molar-refractivity contribution >= 4 is 32.1 Å². The van der Waals surface area contributed by atoms with Crippen LogP contribution in [-0.2, 0) is 4.74 Å². The lowest BCUT2D eigenvalue weighted by molar-refractivity contribution is 0.123. The summed E-state index contributed by atoms with van der Waals surface area (Å²) in [7, 11) is 0. The maximum absolute atomic E-state index is 12.2. The van der Waals surface area contributed by atoms with Crippen LogP contribution in [0, 0.1) is 11.3 Å². The molecule has 0 unspecified atom stereocenters. The molecule has 1 saturated heterocycles. The minimum atomic E-state index is -0.356. The Morgan fingerprint density at radius 2 is 2.14 bits per heavy atom. The number of nitriles is 1. The predicted octanol–water partition coefficient (Wildman–Crippen LogP) is 1.62. The van der Waals surface area contributed by atoms with Crippen LogP contribution < -0.4 is 10.6 Å². The standard InChI is InChI=1S/C15H12N4O2S/c16-9-10-12-13(22-14(10)18-5-7-21-8-6-18)11-3-1-2-4-19(11)15(20)17-12/h1-4H,5-8H2. The van der Waals surface area contributed by atoms with Gasteiger partial charge in [0.05, 0.1) is 23.4 Å². The monoisotopic (exact) mass is 312 g/mol. The average molecular weight is 312 g/mol. The predicted molar refractivity (Wildman–Crippen MR) is 84.6 cm³/mol. The van der Waals surface area contributed by atoms with Gasteiger partial charge in [-0.05, 0) is 12.1 Å². The van der Waals surface area contributed by atoms with E-state index in [2.05, 4.69) is 16.0 Å². The first-order valence-corrected chi connectivity index (χ1v) is 7.78. The van der Waals surface area contributed by atoms with Gasteiger partial charge in [-0.25, -0.2) is 4.79 Å². The van der Waals surface area contributed by atoms with Gasteiger partial charge in [0.15, 0.2) is 0 Å². The molecule has 0 bridgehead atoms. The number of thiophene rings is 1. The fourth-order valence-electron chi connectivity index (χ4n) is 2.73. The highest BCUT2D eigenvalue weighted by atomic mass is 32.1. The summed E-state index contributed by atoms with van der Waals surface area (Å²) in [6, 6.07) is 7.78. The third kappa shape index (κ3) is 1.89. The van der Waals surface area contributed by atoms with Crippen LogP contribution in [0.25, 0.3) is 15.7 Å². The van der Waals surface area contributed by atoms with E-state index >= 15 is 0 Å². The van der Waals surface area contributed by atoms with Crippen molar-refractivity contribution in [2.45, 2.75) is 0 Å². The number of morpholine rings is 1.